The summed E-state index contributed by atoms with van der Waals surface area (Å²) in [7, 11) is 1.83. The van der Waals surface area contributed by atoms with Crippen molar-refractivity contribution < 1.29 is 10.0 Å². The van der Waals surface area contributed by atoms with Crippen molar-refractivity contribution in [2.24, 2.45) is 7.05 Å². The molecule has 0 saturated heterocycles. The molecule has 0 aromatic carbocycles. The van der Waals surface area contributed by atoms with Crippen LogP contribution in [-0.2, 0) is 19.4 Å². The van der Waals surface area contributed by atoms with Crippen LogP contribution in [0.3, 0.4) is 0 Å². The summed E-state index contributed by atoms with van der Waals surface area (Å²) in [4.78, 5) is 14.3. The van der Waals surface area contributed by atoms with Crippen LogP contribution in [0, 0.1) is 10.1 Å². The van der Waals surface area contributed by atoms with Crippen molar-refractivity contribution >= 4 is 28.1 Å². The molecule has 96 valence electrons. The molecule has 2 rings (SSSR count). The van der Waals surface area contributed by atoms with Gasteiger partial charge in [-0.05, 0) is 5.56 Å². The van der Waals surface area contributed by atoms with Gasteiger partial charge in [0, 0.05) is 24.2 Å². The molecule has 0 atom stereocenters. The molecule has 0 aliphatic rings. The maximum atomic E-state index is 10.5. The highest BCUT2D eigenvalue weighted by atomic mass is 32.2. The van der Waals surface area contributed by atoms with Gasteiger partial charge in [-0.2, -0.15) is 0 Å². The number of aliphatic hydroxyl groups excluding tert-OH is 1. The van der Waals surface area contributed by atoms with Crippen molar-refractivity contribution in [2.45, 2.75) is 17.5 Å². The average molecular weight is 285 g/mol. The van der Waals surface area contributed by atoms with E-state index in [1.165, 1.54) is 11.8 Å². The number of hydrogen-bond acceptors (Lipinski definition) is 6. The fourth-order valence-corrected chi connectivity index (χ4v) is 3.12. The van der Waals surface area contributed by atoms with Gasteiger partial charge in [0.1, 0.15) is 0 Å². The molecule has 18 heavy (non-hydrogen) atoms. The standard InChI is InChI=1S/C10H11N3O3S2/c1-12-8(4-14)3-11-10(12)18-6-7-2-9(13(15)16)17-5-7/h2-3,5,14H,4,6H2,1H3. The summed E-state index contributed by atoms with van der Waals surface area (Å²) in [6.07, 6.45) is 1.62. The Morgan fingerprint density at radius 1 is 1.67 bits per heavy atom. The predicted molar refractivity (Wildman–Crippen MR) is 69.7 cm³/mol. The summed E-state index contributed by atoms with van der Waals surface area (Å²) in [5.41, 5.74) is 1.65. The zero-order valence-electron chi connectivity index (χ0n) is 9.57. The predicted octanol–water partition coefficient (Wildman–Crippen LogP) is 2.17. The summed E-state index contributed by atoms with van der Waals surface area (Å²) < 4.78 is 1.81. The second-order valence-corrected chi connectivity index (χ2v) is 5.42. The van der Waals surface area contributed by atoms with Crippen LogP contribution in [0.25, 0.3) is 0 Å². The minimum absolute atomic E-state index is 0.0476. The van der Waals surface area contributed by atoms with Gasteiger partial charge in [-0.25, -0.2) is 4.98 Å². The molecule has 0 aliphatic heterocycles. The van der Waals surface area contributed by atoms with E-state index in [0.29, 0.717) is 5.75 Å². The maximum absolute atomic E-state index is 10.5. The number of aliphatic hydroxyl groups is 1. The lowest BCUT2D eigenvalue weighted by Gasteiger charge is -2.02. The second kappa shape index (κ2) is 5.51. The summed E-state index contributed by atoms with van der Waals surface area (Å²) in [5, 5.41) is 22.3. The lowest BCUT2D eigenvalue weighted by atomic mass is 10.4. The minimum atomic E-state index is -0.385. The van der Waals surface area contributed by atoms with E-state index in [1.54, 1.807) is 17.6 Å². The lowest BCUT2D eigenvalue weighted by Crippen LogP contribution is -1.97. The highest BCUT2D eigenvalue weighted by molar-refractivity contribution is 7.98. The third-order valence-electron chi connectivity index (χ3n) is 2.39. The number of hydrogen-bond donors (Lipinski definition) is 1. The number of nitro groups is 1. The topological polar surface area (TPSA) is 81.2 Å². The Balaban J connectivity index is 2.02. The normalized spacial score (nSPS) is 10.8. The first kappa shape index (κ1) is 13.1. The van der Waals surface area contributed by atoms with Crippen molar-refractivity contribution in [3.63, 3.8) is 0 Å². The SMILES string of the molecule is Cn1c(CO)cnc1SCc1csc([N+](=O)[O-])c1. The van der Waals surface area contributed by atoms with E-state index in [2.05, 4.69) is 4.98 Å². The molecule has 6 nitrogen and oxygen atoms in total. The Hall–Kier alpha value is -1.38. The summed E-state index contributed by atoms with van der Waals surface area (Å²) in [6, 6.07) is 1.58. The number of aromatic nitrogens is 2. The van der Waals surface area contributed by atoms with Crippen LogP contribution in [0.2, 0.25) is 0 Å². The molecular formula is C10H11N3O3S2. The number of rotatable bonds is 5. The fraction of sp³-hybridized carbons (Fsp3) is 0.300. The van der Waals surface area contributed by atoms with Crippen LogP contribution in [0.5, 0.6) is 0 Å². The molecule has 2 aromatic rings. The van der Waals surface area contributed by atoms with E-state index in [4.69, 9.17) is 5.11 Å². The van der Waals surface area contributed by atoms with E-state index >= 15 is 0 Å². The Morgan fingerprint density at radius 3 is 3.00 bits per heavy atom. The lowest BCUT2D eigenvalue weighted by molar-refractivity contribution is -0.380. The minimum Gasteiger partial charge on any atom is -0.390 e. The molecule has 0 aliphatic carbocycles. The molecule has 8 heteroatoms. The summed E-state index contributed by atoms with van der Waals surface area (Å²) >= 11 is 2.61. The number of nitrogens with zero attached hydrogens (tertiary/aromatic N) is 3. The smallest absolute Gasteiger partial charge is 0.324 e. The Morgan fingerprint density at radius 2 is 2.44 bits per heavy atom. The van der Waals surface area contributed by atoms with Gasteiger partial charge in [-0.3, -0.25) is 10.1 Å². The molecular weight excluding hydrogens is 274 g/mol. The second-order valence-electron chi connectivity index (χ2n) is 3.59. The first-order valence-corrected chi connectivity index (χ1v) is 6.94. The zero-order chi connectivity index (χ0) is 13.1. The highest BCUT2D eigenvalue weighted by Gasteiger charge is 2.11. The van der Waals surface area contributed by atoms with Gasteiger partial charge < -0.3 is 9.67 Å². The average Bonchev–Trinajstić information content (AvgIpc) is 2.93. The monoisotopic (exact) mass is 285 g/mol. The number of thiophene rings is 1. The molecule has 2 heterocycles. The summed E-state index contributed by atoms with van der Waals surface area (Å²) in [5.74, 6) is 0.625. The van der Waals surface area contributed by atoms with Crippen molar-refractivity contribution in [1.29, 1.82) is 0 Å². The van der Waals surface area contributed by atoms with Crippen LogP contribution in [0.1, 0.15) is 11.3 Å². The third kappa shape index (κ3) is 2.71. The molecule has 0 spiro atoms. The van der Waals surface area contributed by atoms with Gasteiger partial charge in [0.05, 0.1) is 23.4 Å². The molecule has 0 amide bonds. The van der Waals surface area contributed by atoms with E-state index in [9.17, 15) is 10.1 Å². The first-order chi connectivity index (χ1) is 8.61. The molecule has 0 radical (unpaired) electrons. The van der Waals surface area contributed by atoms with Crippen LogP contribution >= 0.6 is 23.1 Å². The van der Waals surface area contributed by atoms with Crippen LogP contribution in [0.15, 0.2) is 22.8 Å². The molecule has 0 bridgehead atoms. The van der Waals surface area contributed by atoms with Gasteiger partial charge in [-0.1, -0.05) is 23.1 Å². The van der Waals surface area contributed by atoms with E-state index in [-0.39, 0.29) is 16.5 Å². The van der Waals surface area contributed by atoms with Crippen LogP contribution in [-0.4, -0.2) is 19.6 Å². The Bertz CT molecular complexity index is 564. The van der Waals surface area contributed by atoms with E-state index in [0.717, 1.165) is 27.8 Å². The van der Waals surface area contributed by atoms with Crippen LogP contribution in [0.4, 0.5) is 5.00 Å². The largest absolute Gasteiger partial charge is 0.390 e. The molecule has 0 saturated carbocycles. The van der Waals surface area contributed by atoms with Crippen molar-refractivity contribution in [3.05, 3.63) is 39.0 Å². The van der Waals surface area contributed by atoms with Crippen molar-refractivity contribution in [3.8, 4) is 0 Å². The van der Waals surface area contributed by atoms with Gasteiger partial charge in [0.15, 0.2) is 5.16 Å². The Kier molecular flexibility index (Phi) is 4.00. The summed E-state index contributed by atoms with van der Waals surface area (Å²) in [6.45, 7) is -0.0476. The highest BCUT2D eigenvalue weighted by Crippen LogP contribution is 2.28. The van der Waals surface area contributed by atoms with E-state index < -0.39 is 0 Å². The first-order valence-electron chi connectivity index (χ1n) is 5.08. The number of imidazole rings is 1. The third-order valence-corrected chi connectivity index (χ3v) is 4.44. The molecule has 1 N–H and O–H groups in total. The van der Waals surface area contributed by atoms with Crippen LogP contribution < -0.4 is 0 Å². The van der Waals surface area contributed by atoms with Gasteiger partial charge in [0.2, 0.25) is 0 Å². The number of thioether (sulfide) groups is 1. The molecule has 0 fully saturated rings. The van der Waals surface area contributed by atoms with Gasteiger partial charge in [0.25, 0.3) is 0 Å². The van der Waals surface area contributed by atoms with E-state index in [1.807, 2.05) is 11.6 Å². The molecule has 0 unspecified atom stereocenters. The van der Waals surface area contributed by atoms with Gasteiger partial charge in [-0.15, -0.1) is 0 Å². The van der Waals surface area contributed by atoms with Crippen molar-refractivity contribution in [2.75, 3.05) is 0 Å². The van der Waals surface area contributed by atoms with Crippen molar-refractivity contribution in [1.82, 2.24) is 9.55 Å². The quantitative estimate of drug-likeness (QED) is 0.517. The Labute approximate surface area is 111 Å². The van der Waals surface area contributed by atoms with Gasteiger partial charge >= 0.3 is 5.00 Å². The zero-order valence-corrected chi connectivity index (χ0v) is 11.2. The molecule has 2 aromatic heterocycles. The fourth-order valence-electron chi connectivity index (χ4n) is 1.39. The maximum Gasteiger partial charge on any atom is 0.324 e.